The predicted molar refractivity (Wildman–Crippen MR) is 71.0 cm³/mol. The van der Waals surface area contributed by atoms with Crippen molar-refractivity contribution in [3.8, 4) is 0 Å². The third-order valence-corrected chi connectivity index (χ3v) is 2.84. The van der Waals surface area contributed by atoms with Crippen LogP contribution in [0.1, 0.15) is 5.82 Å². The molecule has 0 amide bonds. The number of aromatic amines is 1. The minimum Gasteiger partial charge on any atom is -0.399 e. The molecule has 0 aliphatic carbocycles. The minimum atomic E-state index is 0.624. The Balaban J connectivity index is 1.81. The molecule has 4 N–H and O–H groups in total. The maximum atomic E-state index is 5.72. The third kappa shape index (κ3) is 1.88. The second-order valence-corrected chi connectivity index (χ2v) is 4.17. The standard InChI is InChI=1S/C12H14N6/c1-18-5-4-14-11(18)7-15-12-16-9-3-2-8(13)6-10(9)17-12/h2-6H,7,13H2,1H3,(H2,15,16,17). The van der Waals surface area contributed by atoms with Gasteiger partial charge in [0.25, 0.3) is 0 Å². The Labute approximate surface area is 104 Å². The number of anilines is 2. The SMILES string of the molecule is Cn1ccnc1CNc1nc2ccc(N)cc2[nH]1. The van der Waals surface area contributed by atoms with Gasteiger partial charge in [0.15, 0.2) is 0 Å². The summed E-state index contributed by atoms with van der Waals surface area (Å²) in [5.74, 6) is 1.67. The summed E-state index contributed by atoms with van der Waals surface area (Å²) in [6, 6.07) is 5.60. The van der Waals surface area contributed by atoms with E-state index in [0.29, 0.717) is 6.54 Å². The van der Waals surface area contributed by atoms with Gasteiger partial charge in [-0.1, -0.05) is 0 Å². The van der Waals surface area contributed by atoms with Gasteiger partial charge in [0.2, 0.25) is 5.95 Å². The molecule has 2 heterocycles. The molecule has 0 saturated carbocycles. The Hall–Kier alpha value is -2.50. The number of nitrogens with two attached hydrogens (primary N) is 1. The van der Waals surface area contributed by atoms with Crippen LogP contribution in [0.2, 0.25) is 0 Å². The van der Waals surface area contributed by atoms with E-state index in [1.54, 1.807) is 6.20 Å². The van der Waals surface area contributed by atoms with E-state index < -0.39 is 0 Å². The quantitative estimate of drug-likeness (QED) is 0.607. The molecule has 2 aromatic heterocycles. The van der Waals surface area contributed by atoms with Gasteiger partial charge in [-0.25, -0.2) is 9.97 Å². The number of nitrogens with one attached hydrogen (secondary N) is 2. The van der Waals surface area contributed by atoms with Gasteiger partial charge in [0.1, 0.15) is 5.82 Å². The number of benzene rings is 1. The van der Waals surface area contributed by atoms with Gasteiger partial charge in [0.05, 0.1) is 17.6 Å². The highest BCUT2D eigenvalue weighted by Crippen LogP contribution is 2.17. The number of hydrogen-bond donors (Lipinski definition) is 3. The average molecular weight is 242 g/mol. The molecule has 3 aromatic rings. The number of rotatable bonds is 3. The maximum Gasteiger partial charge on any atom is 0.201 e. The molecule has 18 heavy (non-hydrogen) atoms. The fourth-order valence-corrected chi connectivity index (χ4v) is 1.84. The lowest BCUT2D eigenvalue weighted by atomic mass is 10.3. The lowest BCUT2D eigenvalue weighted by molar-refractivity contribution is 0.809. The second kappa shape index (κ2) is 4.06. The van der Waals surface area contributed by atoms with Crippen molar-refractivity contribution < 1.29 is 0 Å². The summed E-state index contributed by atoms with van der Waals surface area (Å²) in [6.07, 6.45) is 3.69. The van der Waals surface area contributed by atoms with Crippen LogP contribution in [0.5, 0.6) is 0 Å². The zero-order valence-corrected chi connectivity index (χ0v) is 10.0. The van der Waals surface area contributed by atoms with Gasteiger partial charge in [-0.2, -0.15) is 0 Å². The van der Waals surface area contributed by atoms with Crippen molar-refractivity contribution in [2.75, 3.05) is 11.1 Å². The van der Waals surface area contributed by atoms with E-state index in [1.807, 2.05) is 36.0 Å². The number of imidazole rings is 2. The Kier molecular flexibility index (Phi) is 2.40. The lowest BCUT2D eigenvalue weighted by Crippen LogP contribution is -2.06. The fraction of sp³-hybridized carbons (Fsp3) is 0.167. The maximum absolute atomic E-state index is 5.72. The van der Waals surface area contributed by atoms with Gasteiger partial charge in [0, 0.05) is 25.1 Å². The van der Waals surface area contributed by atoms with Gasteiger partial charge >= 0.3 is 0 Å². The zero-order valence-electron chi connectivity index (χ0n) is 10.0. The van der Waals surface area contributed by atoms with E-state index in [1.165, 1.54) is 0 Å². The summed E-state index contributed by atoms with van der Waals surface area (Å²) in [7, 11) is 1.96. The third-order valence-electron chi connectivity index (χ3n) is 2.84. The predicted octanol–water partition coefficient (Wildman–Crippen LogP) is 1.49. The van der Waals surface area contributed by atoms with E-state index in [0.717, 1.165) is 28.5 Å². The molecule has 0 fully saturated rings. The van der Waals surface area contributed by atoms with Crippen molar-refractivity contribution in [2.45, 2.75) is 6.54 Å². The molecule has 1 aromatic carbocycles. The van der Waals surface area contributed by atoms with Crippen LogP contribution in [-0.2, 0) is 13.6 Å². The highest BCUT2D eigenvalue weighted by atomic mass is 15.1. The van der Waals surface area contributed by atoms with Gasteiger partial charge in [-0.3, -0.25) is 0 Å². The highest BCUT2D eigenvalue weighted by Gasteiger charge is 2.04. The summed E-state index contributed by atoms with van der Waals surface area (Å²) >= 11 is 0. The molecule has 0 atom stereocenters. The Morgan fingerprint density at radius 1 is 1.44 bits per heavy atom. The molecule has 0 radical (unpaired) electrons. The largest absolute Gasteiger partial charge is 0.399 e. The van der Waals surface area contributed by atoms with E-state index in [-0.39, 0.29) is 0 Å². The summed E-state index contributed by atoms with van der Waals surface area (Å²) in [5, 5.41) is 3.21. The summed E-state index contributed by atoms with van der Waals surface area (Å²) in [4.78, 5) is 11.8. The molecule has 6 nitrogen and oxygen atoms in total. The second-order valence-electron chi connectivity index (χ2n) is 4.17. The summed E-state index contributed by atoms with van der Waals surface area (Å²) in [5.41, 5.74) is 8.27. The normalized spacial score (nSPS) is 10.9. The van der Waals surface area contributed by atoms with Crippen molar-refractivity contribution in [1.82, 2.24) is 19.5 Å². The first-order chi connectivity index (χ1) is 8.72. The number of nitrogens with zero attached hydrogens (tertiary/aromatic N) is 3. The first kappa shape index (κ1) is 10.6. The van der Waals surface area contributed by atoms with Crippen LogP contribution in [0.4, 0.5) is 11.6 Å². The van der Waals surface area contributed by atoms with Crippen LogP contribution in [0.3, 0.4) is 0 Å². The van der Waals surface area contributed by atoms with E-state index in [4.69, 9.17) is 5.73 Å². The van der Waals surface area contributed by atoms with Crippen molar-refractivity contribution in [3.63, 3.8) is 0 Å². The highest BCUT2D eigenvalue weighted by molar-refractivity contribution is 5.80. The zero-order chi connectivity index (χ0) is 12.5. The molecule has 0 aliphatic rings. The van der Waals surface area contributed by atoms with Gasteiger partial charge in [-0.05, 0) is 18.2 Å². The number of hydrogen-bond acceptors (Lipinski definition) is 4. The Morgan fingerprint density at radius 2 is 2.33 bits per heavy atom. The molecule has 6 heteroatoms. The fourth-order valence-electron chi connectivity index (χ4n) is 1.84. The smallest absolute Gasteiger partial charge is 0.201 e. The van der Waals surface area contributed by atoms with E-state index in [2.05, 4.69) is 20.3 Å². The Morgan fingerprint density at radius 3 is 3.11 bits per heavy atom. The molecule has 3 rings (SSSR count). The van der Waals surface area contributed by atoms with Crippen LogP contribution in [0, 0.1) is 0 Å². The molecule has 0 unspecified atom stereocenters. The first-order valence-electron chi connectivity index (χ1n) is 5.68. The van der Waals surface area contributed by atoms with Crippen molar-refractivity contribution in [1.29, 1.82) is 0 Å². The van der Waals surface area contributed by atoms with Crippen LogP contribution in [-0.4, -0.2) is 19.5 Å². The molecule has 0 aliphatic heterocycles. The Bertz CT molecular complexity index is 681. The van der Waals surface area contributed by atoms with Crippen LogP contribution >= 0.6 is 0 Å². The molecule has 0 saturated heterocycles. The van der Waals surface area contributed by atoms with Crippen LogP contribution in [0.15, 0.2) is 30.6 Å². The van der Waals surface area contributed by atoms with Gasteiger partial charge in [-0.15, -0.1) is 0 Å². The number of H-pyrrole nitrogens is 1. The molecule has 0 bridgehead atoms. The van der Waals surface area contributed by atoms with Crippen LogP contribution < -0.4 is 11.1 Å². The van der Waals surface area contributed by atoms with Gasteiger partial charge < -0.3 is 20.6 Å². The number of aryl methyl sites for hydroxylation is 1. The average Bonchev–Trinajstić information content (AvgIpc) is 2.92. The summed E-state index contributed by atoms with van der Waals surface area (Å²) in [6.45, 7) is 0.624. The minimum absolute atomic E-state index is 0.624. The molecule has 92 valence electrons. The molecule has 0 spiro atoms. The van der Waals surface area contributed by atoms with Crippen molar-refractivity contribution >= 4 is 22.7 Å². The summed E-state index contributed by atoms with van der Waals surface area (Å²) < 4.78 is 1.97. The molecular formula is C12H14N6. The monoisotopic (exact) mass is 242 g/mol. The van der Waals surface area contributed by atoms with Crippen molar-refractivity contribution in [2.24, 2.45) is 7.05 Å². The van der Waals surface area contributed by atoms with E-state index in [9.17, 15) is 0 Å². The van der Waals surface area contributed by atoms with E-state index >= 15 is 0 Å². The topological polar surface area (TPSA) is 84.6 Å². The lowest BCUT2D eigenvalue weighted by Gasteiger charge is -2.02. The van der Waals surface area contributed by atoms with Crippen molar-refractivity contribution in [3.05, 3.63) is 36.4 Å². The number of aromatic nitrogens is 4. The number of nitrogen functional groups attached to an aromatic ring is 1. The van der Waals surface area contributed by atoms with Crippen LogP contribution in [0.25, 0.3) is 11.0 Å². The molecular weight excluding hydrogens is 228 g/mol. The number of fused-ring (bicyclic) bond motifs is 1. The first-order valence-corrected chi connectivity index (χ1v) is 5.68.